The molecule has 4 N–H and O–H groups in total. The van der Waals surface area contributed by atoms with Crippen LogP contribution < -0.4 is 16.0 Å². The van der Waals surface area contributed by atoms with Crippen molar-refractivity contribution in [3.63, 3.8) is 0 Å². The summed E-state index contributed by atoms with van der Waals surface area (Å²) in [6.07, 6.45) is 1.27. The predicted molar refractivity (Wildman–Crippen MR) is 98.8 cm³/mol. The SMILES string of the molecule is NC(=O)c1ccc(Nc2ccc(N3CCC(O)CC3)cc2)c([N+](=O)[O-])c1. The van der Waals surface area contributed by atoms with Crippen LogP contribution in [0.3, 0.4) is 0 Å². The zero-order valence-corrected chi connectivity index (χ0v) is 14.1. The average molecular weight is 356 g/mol. The Labute approximate surface area is 150 Å². The van der Waals surface area contributed by atoms with E-state index in [9.17, 15) is 20.0 Å². The Kier molecular flexibility index (Phi) is 5.04. The van der Waals surface area contributed by atoms with Crippen LogP contribution >= 0.6 is 0 Å². The van der Waals surface area contributed by atoms with Gasteiger partial charge in [-0.15, -0.1) is 0 Å². The lowest BCUT2D eigenvalue weighted by atomic mass is 10.1. The van der Waals surface area contributed by atoms with E-state index in [2.05, 4.69) is 10.2 Å². The molecule has 0 atom stereocenters. The minimum Gasteiger partial charge on any atom is -0.393 e. The van der Waals surface area contributed by atoms with Crippen LogP contribution in [0.5, 0.6) is 0 Å². The highest BCUT2D eigenvalue weighted by molar-refractivity contribution is 5.94. The molecule has 0 bridgehead atoms. The molecule has 1 aliphatic heterocycles. The summed E-state index contributed by atoms with van der Waals surface area (Å²) in [7, 11) is 0. The quantitative estimate of drug-likeness (QED) is 0.558. The largest absolute Gasteiger partial charge is 0.393 e. The monoisotopic (exact) mass is 356 g/mol. The summed E-state index contributed by atoms with van der Waals surface area (Å²) in [6.45, 7) is 1.60. The molecule has 1 amide bonds. The van der Waals surface area contributed by atoms with Gasteiger partial charge in [-0.2, -0.15) is 0 Å². The molecule has 1 saturated heterocycles. The van der Waals surface area contributed by atoms with Crippen molar-refractivity contribution in [2.45, 2.75) is 18.9 Å². The van der Waals surface area contributed by atoms with E-state index in [1.165, 1.54) is 12.1 Å². The first-order chi connectivity index (χ1) is 12.4. The molecule has 1 fully saturated rings. The Hall–Kier alpha value is -3.13. The number of anilines is 3. The Morgan fingerprint density at radius 2 is 1.85 bits per heavy atom. The topological polar surface area (TPSA) is 122 Å². The third kappa shape index (κ3) is 3.92. The van der Waals surface area contributed by atoms with Gasteiger partial charge in [-0.25, -0.2) is 0 Å². The predicted octanol–water partition coefficient (Wildman–Crippen LogP) is 2.40. The maximum absolute atomic E-state index is 11.3. The molecule has 0 spiro atoms. The van der Waals surface area contributed by atoms with Gasteiger partial charge >= 0.3 is 0 Å². The van der Waals surface area contributed by atoms with Crippen LogP contribution in [0, 0.1) is 10.1 Å². The highest BCUT2D eigenvalue weighted by atomic mass is 16.6. The van der Waals surface area contributed by atoms with E-state index in [1.54, 1.807) is 0 Å². The summed E-state index contributed by atoms with van der Waals surface area (Å²) < 4.78 is 0. The van der Waals surface area contributed by atoms with Crippen molar-refractivity contribution in [3.05, 3.63) is 58.1 Å². The second-order valence-electron chi connectivity index (χ2n) is 6.24. The normalized spacial score (nSPS) is 14.9. The fourth-order valence-electron chi connectivity index (χ4n) is 2.98. The van der Waals surface area contributed by atoms with Gasteiger partial charge in [0.15, 0.2) is 0 Å². The number of aliphatic hydroxyl groups is 1. The molecule has 2 aromatic carbocycles. The van der Waals surface area contributed by atoms with Crippen molar-refractivity contribution in [1.82, 2.24) is 0 Å². The summed E-state index contributed by atoms with van der Waals surface area (Å²) in [4.78, 5) is 24.1. The molecule has 8 heteroatoms. The number of carbonyl (C=O) groups is 1. The molecular weight excluding hydrogens is 336 g/mol. The summed E-state index contributed by atoms with van der Waals surface area (Å²) in [6, 6.07) is 11.6. The van der Waals surface area contributed by atoms with Crippen molar-refractivity contribution < 1.29 is 14.8 Å². The van der Waals surface area contributed by atoms with Crippen LogP contribution in [0.15, 0.2) is 42.5 Å². The van der Waals surface area contributed by atoms with Crippen molar-refractivity contribution in [2.24, 2.45) is 5.73 Å². The minimum absolute atomic E-state index is 0.0879. The fraction of sp³-hybridized carbons (Fsp3) is 0.278. The van der Waals surface area contributed by atoms with E-state index >= 15 is 0 Å². The number of nitrogens with two attached hydrogens (primary N) is 1. The number of primary amides is 1. The molecule has 2 aromatic rings. The molecule has 8 nitrogen and oxygen atoms in total. The van der Waals surface area contributed by atoms with Crippen LogP contribution in [-0.4, -0.2) is 35.1 Å². The van der Waals surface area contributed by atoms with Crippen molar-refractivity contribution in [1.29, 1.82) is 0 Å². The third-order valence-corrected chi connectivity index (χ3v) is 4.45. The molecular formula is C18H20N4O4. The number of piperidine rings is 1. The number of aliphatic hydroxyl groups excluding tert-OH is 1. The highest BCUT2D eigenvalue weighted by Gasteiger charge is 2.18. The van der Waals surface area contributed by atoms with Crippen LogP contribution in [0.4, 0.5) is 22.7 Å². The van der Waals surface area contributed by atoms with E-state index in [0.717, 1.165) is 37.7 Å². The standard InChI is InChI=1S/C18H20N4O4/c19-18(24)12-1-6-16(17(11-12)22(25)26)20-13-2-4-14(5-3-13)21-9-7-15(23)8-10-21/h1-6,11,15,20,23H,7-10H2,(H2,19,24). The van der Waals surface area contributed by atoms with E-state index in [1.807, 2.05) is 24.3 Å². The molecule has 3 rings (SSSR count). The number of hydrogen-bond acceptors (Lipinski definition) is 6. The van der Waals surface area contributed by atoms with E-state index in [4.69, 9.17) is 5.73 Å². The Bertz CT molecular complexity index is 814. The Balaban J connectivity index is 1.77. The highest BCUT2D eigenvalue weighted by Crippen LogP contribution is 2.30. The van der Waals surface area contributed by atoms with Crippen LogP contribution in [0.2, 0.25) is 0 Å². The zero-order valence-electron chi connectivity index (χ0n) is 14.1. The van der Waals surface area contributed by atoms with Gasteiger partial charge in [0.1, 0.15) is 5.69 Å². The average Bonchev–Trinajstić information content (AvgIpc) is 2.63. The molecule has 1 heterocycles. The number of benzene rings is 2. The van der Waals surface area contributed by atoms with Crippen LogP contribution in [0.1, 0.15) is 23.2 Å². The second-order valence-corrected chi connectivity index (χ2v) is 6.24. The molecule has 26 heavy (non-hydrogen) atoms. The van der Waals surface area contributed by atoms with Gasteiger partial charge in [0, 0.05) is 36.1 Å². The van der Waals surface area contributed by atoms with Crippen molar-refractivity contribution in [2.75, 3.05) is 23.3 Å². The Morgan fingerprint density at radius 1 is 1.19 bits per heavy atom. The van der Waals surface area contributed by atoms with Crippen LogP contribution in [0.25, 0.3) is 0 Å². The minimum atomic E-state index is -0.712. The maximum Gasteiger partial charge on any atom is 0.293 e. The van der Waals surface area contributed by atoms with E-state index < -0.39 is 10.8 Å². The molecule has 0 saturated carbocycles. The summed E-state index contributed by atoms with van der Waals surface area (Å²) in [5.74, 6) is -0.712. The summed E-state index contributed by atoms with van der Waals surface area (Å²) in [5, 5.41) is 23.9. The Morgan fingerprint density at radius 3 is 2.42 bits per heavy atom. The number of nitrogens with one attached hydrogen (secondary N) is 1. The first-order valence-electron chi connectivity index (χ1n) is 8.32. The maximum atomic E-state index is 11.3. The number of nitro benzene ring substituents is 1. The van der Waals surface area contributed by atoms with Gasteiger partial charge in [0.25, 0.3) is 5.69 Å². The van der Waals surface area contributed by atoms with Gasteiger partial charge in [0.05, 0.1) is 11.0 Å². The fourth-order valence-corrected chi connectivity index (χ4v) is 2.98. The van der Waals surface area contributed by atoms with E-state index in [-0.39, 0.29) is 23.0 Å². The number of carbonyl (C=O) groups excluding carboxylic acids is 1. The number of nitro groups is 1. The molecule has 1 aliphatic rings. The number of amides is 1. The third-order valence-electron chi connectivity index (χ3n) is 4.45. The van der Waals surface area contributed by atoms with Crippen molar-refractivity contribution >= 4 is 28.7 Å². The molecule has 0 unspecified atom stereocenters. The van der Waals surface area contributed by atoms with Gasteiger partial charge in [-0.1, -0.05) is 0 Å². The molecule has 0 aromatic heterocycles. The lowest BCUT2D eigenvalue weighted by Crippen LogP contribution is -2.35. The van der Waals surface area contributed by atoms with E-state index in [0.29, 0.717) is 5.69 Å². The molecule has 136 valence electrons. The first-order valence-corrected chi connectivity index (χ1v) is 8.32. The van der Waals surface area contributed by atoms with Gasteiger partial charge < -0.3 is 21.1 Å². The van der Waals surface area contributed by atoms with Gasteiger partial charge in [0.2, 0.25) is 5.91 Å². The second kappa shape index (κ2) is 7.40. The summed E-state index contributed by atoms with van der Waals surface area (Å²) in [5.41, 5.74) is 7.08. The first kappa shape index (κ1) is 17.7. The van der Waals surface area contributed by atoms with Gasteiger partial charge in [-0.3, -0.25) is 14.9 Å². The lowest BCUT2D eigenvalue weighted by Gasteiger charge is -2.31. The number of hydrogen-bond donors (Lipinski definition) is 3. The molecule has 0 radical (unpaired) electrons. The van der Waals surface area contributed by atoms with Crippen molar-refractivity contribution in [3.8, 4) is 0 Å². The van der Waals surface area contributed by atoms with Crippen LogP contribution in [-0.2, 0) is 0 Å². The smallest absolute Gasteiger partial charge is 0.293 e. The summed E-state index contributed by atoms with van der Waals surface area (Å²) >= 11 is 0. The lowest BCUT2D eigenvalue weighted by molar-refractivity contribution is -0.383. The zero-order chi connectivity index (χ0) is 18.7. The number of rotatable bonds is 5. The number of nitrogens with zero attached hydrogens (tertiary/aromatic N) is 2. The molecule has 0 aliphatic carbocycles. The van der Waals surface area contributed by atoms with Gasteiger partial charge in [-0.05, 0) is 49.2 Å².